The number of oxazole rings is 1. The van der Waals surface area contributed by atoms with Gasteiger partial charge in [0.15, 0.2) is 12.0 Å². The van der Waals surface area contributed by atoms with E-state index in [0.717, 1.165) is 23.1 Å². The van der Waals surface area contributed by atoms with Gasteiger partial charge in [-0.15, -0.1) is 0 Å². The molecule has 0 aliphatic rings. The molecule has 0 atom stereocenters. The van der Waals surface area contributed by atoms with Crippen molar-refractivity contribution in [2.24, 2.45) is 0 Å². The largest absolute Gasteiger partial charge is 0.496 e. The Labute approximate surface area is 127 Å². The van der Waals surface area contributed by atoms with Crippen molar-refractivity contribution in [3.63, 3.8) is 0 Å². The van der Waals surface area contributed by atoms with Crippen LogP contribution in [-0.2, 0) is 6.42 Å². The summed E-state index contributed by atoms with van der Waals surface area (Å²) in [6.07, 6.45) is 2.15. The molecule has 0 aliphatic carbocycles. The Kier molecular flexibility index (Phi) is 4.05. The van der Waals surface area contributed by atoms with E-state index in [1.165, 1.54) is 6.39 Å². The minimum absolute atomic E-state index is 0.139. The maximum Gasteiger partial charge on any atom is 0.255 e. The van der Waals surface area contributed by atoms with E-state index in [-0.39, 0.29) is 5.91 Å². The summed E-state index contributed by atoms with van der Waals surface area (Å²) in [6, 6.07) is 13.0. The first-order valence-electron chi connectivity index (χ1n) is 7.01. The number of aromatic nitrogens is 1. The quantitative estimate of drug-likeness (QED) is 0.786. The lowest BCUT2D eigenvalue weighted by molar-refractivity contribution is 0.0951. The Bertz CT molecular complexity index is 795. The van der Waals surface area contributed by atoms with E-state index in [1.807, 2.05) is 30.3 Å². The van der Waals surface area contributed by atoms with E-state index < -0.39 is 0 Å². The first-order chi connectivity index (χ1) is 10.8. The molecular weight excluding hydrogens is 280 g/mol. The second kappa shape index (κ2) is 6.30. The Morgan fingerprint density at radius 3 is 3.00 bits per heavy atom. The van der Waals surface area contributed by atoms with Gasteiger partial charge in [-0.25, -0.2) is 4.98 Å². The van der Waals surface area contributed by atoms with E-state index in [0.29, 0.717) is 17.9 Å². The number of carbonyl (C=O) groups is 1. The molecule has 5 heteroatoms. The van der Waals surface area contributed by atoms with Crippen LogP contribution in [0.4, 0.5) is 0 Å². The molecule has 0 bridgehead atoms. The Hall–Kier alpha value is -2.82. The molecule has 0 radical (unpaired) electrons. The first kappa shape index (κ1) is 14.1. The number of ether oxygens (including phenoxy) is 1. The van der Waals surface area contributed by atoms with Gasteiger partial charge >= 0.3 is 0 Å². The van der Waals surface area contributed by atoms with Gasteiger partial charge in [0.25, 0.3) is 5.91 Å². The number of hydrogen-bond acceptors (Lipinski definition) is 4. The highest BCUT2D eigenvalue weighted by Gasteiger charge is 2.10. The Balaban J connectivity index is 1.61. The fourth-order valence-corrected chi connectivity index (χ4v) is 2.31. The fraction of sp³-hybridized carbons (Fsp3) is 0.176. The van der Waals surface area contributed by atoms with Crippen molar-refractivity contribution in [1.82, 2.24) is 10.3 Å². The summed E-state index contributed by atoms with van der Waals surface area (Å²) in [5.74, 6) is 0.434. The second-order valence-electron chi connectivity index (χ2n) is 4.86. The van der Waals surface area contributed by atoms with Crippen LogP contribution in [0.2, 0.25) is 0 Å². The third-order valence-corrected chi connectivity index (χ3v) is 3.45. The maximum atomic E-state index is 12.2. The van der Waals surface area contributed by atoms with Gasteiger partial charge in [0.1, 0.15) is 11.3 Å². The van der Waals surface area contributed by atoms with Gasteiger partial charge in [-0.05, 0) is 36.2 Å². The molecule has 112 valence electrons. The van der Waals surface area contributed by atoms with Gasteiger partial charge in [0.05, 0.1) is 12.7 Å². The summed E-state index contributed by atoms with van der Waals surface area (Å²) in [7, 11) is 1.55. The molecule has 0 fully saturated rings. The average Bonchev–Trinajstić information content (AvgIpc) is 3.02. The molecule has 0 saturated carbocycles. The predicted molar refractivity (Wildman–Crippen MR) is 83.0 cm³/mol. The van der Waals surface area contributed by atoms with E-state index in [4.69, 9.17) is 9.15 Å². The van der Waals surface area contributed by atoms with Gasteiger partial charge in [0, 0.05) is 6.54 Å². The Morgan fingerprint density at radius 1 is 1.27 bits per heavy atom. The normalized spacial score (nSPS) is 10.6. The zero-order valence-electron chi connectivity index (χ0n) is 12.2. The van der Waals surface area contributed by atoms with Crippen LogP contribution in [0.1, 0.15) is 15.9 Å². The summed E-state index contributed by atoms with van der Waals surface area (Å²) in [5.41, 5.74) is 3.23. The van der Waals surface area contributed by atoms with Gasteiger partial charge in [0.2, 0.25) is 0 Å². The van der Waals surface area contributed by atoms with Crippen molar-refractivity contribution in [3.8, 4) is 5.75 Å². The molecule has 0 spiro atoms. The van der Waals surface area contributed by atoms with Crippen LogP contribution in [0, 0.1) is 0 Å². The third-order valence-electron chi connectivity index (χ3n) is 3.45. The maximum absolute atomic E-state index is 12.2. The molecule has 3 aromatic rings. The smallest absolute Gasteiger partial charge is 0.255 e. The highest BCUT2D eigenvalue weighted by Crippen LogP contribution is 2.17. The molecule has 0 unspecified atom stereocenters. The number of amides is 1. The fourth-order valence-electron chi connectivity index (χ4n) is 2.31. The van der Waals surface area contributed by atoms with Crippen LogP contribution >= 0.6 is 0 Å². The summed E-state index contributed by atoms with van der Waals surface area (Å²) >= 11 is 0. The van der Waals surface area contributed by atoms with Crippen LogP contribution in [0.15, 0.2) is 53.3 Å². The van der Waals surface area contributed by atoms with Crippen LogP contribution < -0.4 is 10.1 Å². The lowest BCUT2D eigenvalue weighted by atomic mass is 10.1. The van der Waals surface area contributed by atoms with Gasteiger partial charge in [-0.3, -0.25) is 4.79 Å². The summed E-state index contributed by atoms with van der Waals surface area (Å²) in [5, 5.41) is 2.90. The highest BCUT2D eigenvalue weighted by molar-refractivity contribution is 5.96. The Morgan fingerprint density at radius 2 is 2.14 bits per heavy atom. The molecule has 3 rings (SSSR count). The zero-order valence-corrected chi connectivity index (χ0v) is 12.2. The van der Waals surface area contributed by atoms with E-state index in [2.05, 4.69) is 10.3 Å². The number of hydrogen-bond donors (Lipinski definition) is 1. The second-order valence-corrected chi connectivity index (χ2v) is 4.86. The number of para-hydroxylation sites is 1. The third kappa shape index (κ3) is 2.93. The number of fused-ring (bicyclic) bond motifs is 1. The van der Waals surface area contributed by atoms with Crippen molar-refractivity contribution in [3.05, 3.63) is 60.0 Å². The lowest BCUT2D eigenvalue weighted by Gasteiger charge is -2.09. The molecule has 5 nitrogen and oxygen atoms in total. The predicted octanol–water partition coefficient (Wildman–Crippen LogP) is 2.81. The van der Waals surface area contributed by atoms with Crippen LogP contribution in [-0.4, -0.2) is 24.5 Å². The summed E-state index contributed by atoms with van der Waals surface area (Å²) in [4.78, 5) is 16.3. The van der Waals surface area contributed by atoms with E-state index in [9.17, 15) is 4.79 Å². The monoisotopic (exact) mass is 296 g/mol. The van der Waals surface area contributed by atoms with Crippen molar-refractivity contribution in [2.75, 3.05) is 13.7 Å². The number of carbonyl (C=O) groups excluding carboxylic acids is 1. The number of nitrogens with zero attached hydrogens (tertiary/aromatic N) is 1. The number of rotatable bonds is 5. The molecule has 0 aliphatic heterocycles. The SMILES string of the molecule is COc1ccccc1C(=O)NCCc1ccc2ocnc2c1. The molecule has 1 aromatic heterocycles. The highest BCUT2D eigenvalue weighted by atomic mass is 16.5. The minimum atomic E-state index is -0.139. The first-order valence-corrected chi connectivity index (χ1v) is 7.01. The lowest BCUT2D eigenvalue weighted by Crippen LogP contribution is -2.26. The van der Waals surface area contributed by atoms with Gasteiger partial charge in [-0.1, -0.05) is 18.2 Å². The van der Waals surface area contributed by atoms with Crippen molar-refractivity contribution >= 4 is 17.0 Å². The number of nitrogens with one attached hydrogen (secondary N) is 1. The summed E-state index contributed by atoms with van der Waals surface area (Å²) < 4.78 is 10.4. The molecule has 1 amide bonds. The molecule has 22 heavy (non-hydrogen) atoms. The standard InChI is InChI=1S/C17H16N2O3/c1-21-15-5-3-2-4-13(15)17(20)18-9-8-12-6-7-16-14(10-12)19-11-22-16/h2-7,10-11H,8-9H2,1H3,(H,18,20). The van der Waals surface area contributed by atoms with Crippen molar-refractivity contribution in [2.45, 2.75) is 6.42 Å². The van der Waals surface area contributed by atoms with E-state index in [1.54, 1.807) is 19.2 Å². The molecule has 2 aromatic carbocycles. The van der Waals surface area contributed by atoms with Gasteiger partial charge in [-0.2, -0.15) is 0 Å². The zero-order chi connectivity index (χ0) is 15.4. The van der Waals surface area contributed by atoms with Gasteiger partial charge < -0.3 is 14.5 Å². The van der Waals surface area contributed by atoms with Crippen LogP contribution in [0.25, 0.3) is 11.1 Å². The average molecular weight is 296 g/mol. The minimum Gasteiger partial charge on any atom is -0.496 e. The topological polar surface area (TPSA) is 64.4 Å². The molecule has 1 heterocycles. The van der Waals surface area contributed by atoms with Crippen LogP contribution in [0.5, 0.6) is 5.75 Å². The van der Waals surface area contributed by atoms with Crippen molar-refractivity contribution < 1.29 is 13.9 Å². The summed E-state index contributed by atoms with van der Waals surface area (Å²) in [6.45, 7) is 0.542. The molecule has 0 saturated heterocycles. The number of methoxy groups -OCH3 is 1. The number of benzene rings is 2. The van der Waals surface area contributed by atoms with Crippen molar-refractivity contribution in [1.29, 1.82) is 0 Å². The molecule has 1 N–H and O–H groups in total. The van der Waals surface area contributed by atoms with E-state index >= 15 is 0 Å². The molecular formula is C17H16N2O3. The van der Waals surface area contributed by atoms with Crippen LogP contribution in [0.3, 0.4) is 0 Å².